The molecule has 15 heavy (non-hydrogen) atoms. The number of aliphatic hydroxyl groups excluding tert-OH is 1. The first-order chi connectivity index (χ1) is 7.11. The van der Waals surface area contributed by atoms with Crippen molar-refractivity contribution in [3.05, 3.63) is 0 Å². The van der Waals surface area contributed by atoms with E-state index in [1.54, 1.807) is 6.92 Å². The zero-order valence-corrected chi connectivity index (χ0v) is 9.41. The smallest absolute Gasteiger partial charge is 0.224 e. The second kappa shape index (κ2) is 6.08. The van der Waals surface area contributed by atoms with Gasteiger partial charge in [0.2, 0.25) is 5.91 Å². The highest BCUT2D eigenvalue weighted by atomic mass is 16.3. The van der Waals surface area contributed by atoms with E-state index in [-0.39, 0.29) is 24.0 Å². The molecule has 0 bridgehead atoms. The number of carbonyl (C=O) groups is 1. The maximum absolute atomic E-state index is 11.6. The number of amides is 1. The second-order valence-corrected chi connectivity index (χ2v) is 4.48. The monoisotopic (exact) mass is 214 g/mol. The molecule has 1 rings (SSSR count). The highest BCUT2D eigenvalue weighted by molar-refractivity contribution is 5.79. The van der Waals surface area contributed by atoms with Crippen LogP contribution in [0, 0.1) is 5.92 Å². The van der Waals surface area contributed by atoms with Gasteiger partial charge in [0, 0.05) is 12.6 Å². The summed E-state index contributed by atoms with van der Waals surface area (Å²) in [7, 11) is 0. The summed E-state index contributed by atoms with van der Waals surface area (Å²) in [4.78, 5) is 11.6. The Hall–Kier alpha value is -0.610. The molecule has 4 heteroatoms. The molecular weight excluding hydrogens is 192 g/mol. The van der Waals surface area contributed by atoms with Crippen molar-refractivity contribution < 1.29 is 9.90 Å². The predicted octanol–water partition coefficient (Wildman–Crippen LogP) is 0.391. The van der Waals surface area contributed by atoms with E-state index in [1.165, 1.54) is 0 Å². The highest BCUT2D eigenvalue weighted by Crippen LogP contribution is 2.23. The van der Waals surface area contributed by atoms with Crippen molar-refractivity contribution in [2.24, 2.45) is 11.7 Å². The van der Waals surface area contributed by atoms with E-state index in [2.05, 4.69) is 5.32 Å². The lowest BCUT2D eigenvalue weighted by Gasteiger charge is -2.15. The highest BCUT2D eigenvalue weighted by Gasteiger charge is 2.29. The summed E-state index contributed by atoms with van der Waals surface area (Å²) in [5, 5.41) is 11.9. The number of nitrogens with two attached hydrogens (primary N) is 1. The van der Waals surface area contributed by atoms with Gasteiger partial charge in [0.1, 0.15) is 0 Å². The lowest BCUT2D eigenvalue weighted by atomic mass is 10.0. The molecule has 0 heterocycles. The van der Waals surface area contributed by atoms with Crippen LogP contribution in [0.25, 0.3) is 0 Å². The van der Waals surface area contributed by atoms with Crippen molar-refractivity contribution in [1.82, 2.24) is 5.32 Å². The molecule has 1 aliphatic rings. The van der Waals surface area contributed by atoms with Gasteiger partial charge in [0.15, 0.2) is 0 Å². The third-order valence-electron chi connectivity index (χ3n) is 3.00. The summed E-state index contributed by atoms with van der Waals surface area (Å²) in [6.45, 7) is 2.40. The zero-order valence-electron chi connectivity index (χ0n) is 9.41. The van der Waals surface area contributed by atoms with Crippen molar-refractivity contribution in [3.8, 4) is 0 Å². The average Bonchev–Trinajstić information content (AvgIpc) is 2.58. The number of carbonyl (C=O) groups excluding carboxylic acids is 1. The fourth-order valence-electron chi connectivity index (χ4n) is 2.05. The van der Waals surface area contributed by atoms with Crippen LogP contribution in [0.5, 0.6) is 0 Å². The lowest BCUT2D eigenvalue weighted by Crippen LogP contribution is -2.39. The van der Waals surface area contributed by atoms with Crippen LogP contribution in [0.3, 0.4) is 0 Å². The van der Waals surface area contributed by atoms with Crippen molar-refractivity contribution in [2.45, 2.75) is 51.2 Å². The third kappa shape index (κ3) is 4.18. The first-order valence-electron chi connectivity index (χ1n) is 5.82. The van der Waals surface area contributed by atoms with Crippen molar-refractivity contribution in [3.63, 3.8) is 0 Å². The topological polar surface area (TPSA) is 75.3 Å². The molecule has 0 aromatic rings. The number of nitrogens with one attached hydrogen (secondary N) is 1. The average molecular weight is 214 g/mol. The quantitative estimate of drug-likeness (QED) is 0.580. The molecule has 4 N–H and O–H groups in total. The van der Waals surface area contributed by atoms with Gasteiger partial charge in [-0.15, -0.1) is 0 Å². The molecule has 0 aliphatic heterocycles. The minimum atomic E-state index is -0.282. The molecule has 0 saturated heterocycles. The van der Waals surface area contributed by atoms with Crippen LogP contribution in [0.1, 0.15) is 39.0 Å². The molecular formula is C11H22N2O2. The zero-order chi connectivity index (χ0) is 11.3. The number of hydrogen-bond acceptors (Lipinski definition) is 3. The van der Waals surface area contributed by atoms with Crippen LogP contribution in [0.4, 0.5) is 0 Å². The van der Waals surface area contributed by atoms with Crippen LogP contribution in [0.2, 0.25) is 0 Å². The standard InChI is InChI=1S/C11H22N2O2/c1-8(14)4-3-7-13-11(15)9-5-2-6-10(9)12/h8-10,14H,2-7,12H2,1H3,(H,13,15). The number of hydrogen-bond donors (Lipinski definition) is 3. The Kier molecular flexibility index (Phi) is 5.05. The molecule has 1 saturated carbocycles. The predicted molar refractivity (Wildman–Crippen MR) is 59.2 cm³/mol. The number of rotatable bonds is 5. The van der Waals surface area contributed by atoms with Crippen LogP contribution >= 0.6 is 0 Å². The molecule has 4 nitrogen and oxygen atoms in total. The molecule has 3 unspecified atom stereocenters. The van der Waals surface area contributed by atoms with E-state index in [4.69, 9.17) is 10.8 Å². The van der Waals surface area contributed by atoms with Gasteiger partial charge in [-0.25, -0.2) is 0 Å². The first-order valence-corrected chi connectivity index (χ1v) is 5.82. The van der Waals surface area contributed by atoms with Gasteiger partial charge >= 0.3 is 0 Å². The van der Waals surface area contributed by atoms with Crippen molar-refractivity contribution >= 4 is 5.91 Å². The van der Waals surface area contributed by atoms with Gasteiger partial charge in [-0.1, -0.05) is 6.42 Å². The summed E-state index contributed by atoms with van der Waals surface area (Å²) in [5.74, 6) is 0.0992. The first kappa shape index (κ1) is 12.5. The minimum Gasteiger partial charge on any atom is -0.393 e. The van der Waals surface area contributed by atoms with Crippen LogP contribution in [-0.2, 0) is 4.79 Å². The molecule has 0 spiro atoms. The summed E-state index contributed by atoms with van der Waals surface area (Å²) < 4.78 is 0. The Morgan fingerprint density at radius 1 is 1.60 bits per heavy atom. The van der Waals surface area contributed by atoms with Crippen molar-refractivity contribution in [2.75, 3.05) is 6.54 Å². The largest absolute Gasteiger partial charge is 0.393 e. The van der Waals surface area contributed by atoms with Crippen LogP contribution in [0.15, 0.2) is 0 Å². The Morgan fingerprint density at radius 3 is 2.87 bits per heavy atom. The van der Waals surface area contributed by atoms with E-state index in [0.717, 1.165) is 32.1 Å². The van der Waals surface area contributed by atoms with Gasteiger partial charge in [0.05, 0.1) is 12.0 Å². The SMILES string of the molecule is CC(O)CCCNC(=O)C1CCCC1N. The second-order valence-electron chi connectivity index (χ2n) is 4.48. The van der Waals surface area contributed by atoms with Gasteiger partial charge < -0.3 is 16.2 Å². The third-order valence-corrected chi connectivity index (χ3v) is 3.00. The molecule has 1 aliphatic carbocycles. The van der Waals surface area contributed by atoms with Gasteiger partial charge in [-0.3, -0.25) is 4.79 Å². The fourth-order valence-corrected chi connectivity index (χ4v) is 2.05. The summed E-state index contributed by atoms with van der Waals surface area (Å²) in [6.07, 6.45) is 4.22. The Morgan fingerprint density at radius 2 is 2.33 bits per heavy atom. The molecule has 0 radical (unpaired) electrons. The Balaban J connectivity index is 2.13. The summed E-state index contributed by atoms with van der Waals surface area (Å²) in [6, 6.07) is 0.0433. The van der Waals surface area contributed by atoms with Gasteiger partial charge in [0.25, 0.3) is 0 Å². The normalized spacial score (nSPS) is 27.7. The Bertz CT molecular complexity index is 207. The molecule has 1 fully saturated rings. The Labute approximate surface area is 91.2 Å². The molecule has 0 aromatic heterocycles. The summed E-state index contributed by atoms with van der Waals surface area (Å²) >= 11 is 0. The van der Waals surface area contributed by atoms with E-state index in [1.807, 2.05) is 0 Å². The van der Waals surface area contributed by atoms with Crippen molar-refractivity contribution in [1.29, 1.82) is 0 Å². The van der Waals surface area contributed by atoms with E-state index < -0.39 is 0 Å². The number of aliphatic hydroxyl groups is 1. The molecule has 0 aromatic carbocycles. The fraction of sp³-hybridized carbons (Fsp3) is 0.909. The molecule has 88 valence electrons. The molecule has 1 amide bonds. The summed E-state index contributed by atoms with van der Waals surface area (Å²) in [5.41, 5.74) is 5.83. The lowest BCUT2D eigenvalue weighted by molar-refractivity contribution is -0.125. The van der Waals surface area contributed by atoms with Crippen LogP contribution in [-0.4, -0.2) is 29.7 Å². The van der Waals surface area contributed by atoms with E-state index in [9.17, 15) is 4.79 Å². The van der Waals surface area contributed by atoms with E-state index in [0.29, 0.717) is 6.54 Å². The van der Waals surface area contributed by atoms with Gasteiger partial charge in [-0.2, -0.15) is 0 Å². The maximum Gasteiger partial charge on any atom is 0.224 e. The maximum atomic E-state index is 11.6. The van der Waals surface area contributed by atoms with Gasteiger partial charge in [-0.05, 0) is 32.6 Å². The molecule has 3 atom stereocenters. The van der Waals surface area contributed by atoms with Crippen LogP contribution < -0.4 is 11.1 Å². The van der Waals surface area contributed by atoms with E-state index >= 15 is 0 Å². The minimum absolute atomic E-state index is 0.0107.